The predicted octanol–water partition coefficient (Wildman–Crippen LogP) is 3.54. The summed E-state index contributed by atoms with van der Waals surface area (Å²) < 4.78 is 43.3. The molecule has 1 aliphatic rings. The maximum Gasteiger partial charge on any atom is 0.433 e. The number of amides is 2. The number of carbonyl (C=O) groups excluding carboxylic acids is 2. The minimum atomic E-state index is -4.54. The summed E-state index contributed by atoms with van der Waals surface area (Å²) in [5.74, 6) is -0.357. The Labute approximate surface area is 156 Å². The highest BCUT2D eigenvalue weighted by molar-refractivity contribution is 5.95. The van der Waals surface area contributed by atoms with E-state index < -0.39 is 23.6 Å². The van der Waals surface area contributed by atoms with E-state index in [4.69, 9.17) is 4.74 Å². The highest BCUT2D eigenvalue weighted by atomic mass is 19.4. The maximum absolute atomic E-state index is 12.7. The number of nitrogens with zero attached hydrogens (tertiary/aromatic N) is 2. The normalized spacial score (nSPS) is 16.2. The molecule has 27 heavy (non-hydrogen) atoms. The van der Waals surface area contributed by atoms with Crippen molar-refractivity contribution in [3.63, 3.8) is 0 Å². The van der Waals surface area contributed by atoms with Gasteiger partial charge >= 0.3 is 12.3 Å². The van der Waals surface area contributed by atoms with E-state index in [2.05, 4.69) is 10.3 Å². The summed E-state index contributed by atoms with van der Waals surface area (Å²) in [5.41, 5.74) is -1.41. The zero-order valence-electron chi connectivity index (χ0n) is 15.8. The van der Waals surface area contributed by atoms with Crippen LogP contribution in [0.2, 0.25) is 0 Å². The molecule has 0 unspecified atom stereocenters. The second kappa shape index (κ2) is 7.74. The SMILES string of the molecule is Cc1nc(C(F)(F)F)ccc1C(=O)N1CCC(NC(=O)OC(C)(C)C)CC1. The van der Waals surface area contributed by atoms with Crippen molar-refractivity contribution in [2.24, 2.45) is 0 Å². The van der Waals surface area contributed by atoms with Crippen LogP contribution in [0, 0.1) is 6.92 Å². The smallest absolute Gasteiger partial charge is 0.433 e. The number of ether oxygens (including phenoxy) is 1. The zero-order valence-corrected chi connectivity index (χ0v) is 15.8. The van der Waals surface area contributed by atoms with Crippen LogP contribution < -0.4 is 5.32 Å². The van der Waals surface area contributed by atoms with Crippen LogP contribution >= 0.6 is 0 Å². The molecule has 0 bridgehead atoms. The fraction of sp³-hybridized carbons (Fsp3) is 0.611. The Hall–Kier alpha value is -2.32. The first-order valence-electron chi connectivity index (χ1n) is 8.70. The fourth-order valence-electron chi connectivity index (χ4n) is 2.82. The topological polar surface area (TPSA) is 71.5 Å². The summed E-state index contributed by atoms with van der Waals surface area (Å²) in [5, 5.41) is 2.77. The molecule has 0 radical (unpaired) electrons. The molecule has 1 saturated heterocycles. The molecule has 1 N–H and O–H groups in total. The zero-order chi connectivity index (χ0) is 20.4. The Morgan fingerprint density at radius 3 is 2.26 bits per heavy atom. The van der Waals surface area contributed by atoms with Crippen molar-refractivity contribution in [2.75, 3.05) is 13.1 Å². The van der Waals surface area contributed by atoms with E-state index in [1.165, 1.54) is 13.0 Å². The first-order valence-corrected chi connectivity index (χ1v) is 8.70. The van der Waals surface area contributed by atoms with E-state index in [-0.39, 0.29) is 23.2 Å². The molecule has 0 spiro atoms. The third kappa shape index (κ3) is 5.83. The molecule has 1 aromatic rings. The number of likely N-dealkylation sites (tertiary alicyclic amines) is 1. The predicted molar refractivity (Wildman–Crippen MR) is 92.3 cm³/mol. The van der Waals surface area contributed by atoms with Crippen LogP contribution in [-0.4, -0.2) is 46.6 Å². The van der Waals surface area contributed by atoms with Crippen molar-refractivity contribution >= 4 is 12.0 Å². The third-order valence-electron chi connectivity index (χ3n) is 4.11. The number of alkyl carbamates (subject to hydrolysis) is 1. The maximum atomic E-state index is 12.7. The van der Waals surface area contributed by atoms with Gasteiger partial charge in [-0.3, -0.25) is 4.79 Å². The van der Waals surface area contributed by atoms with Crippen LogP contribution in [-0.2, 0) is 10.9 Å². The summed E-state index contributed by atoms with van der Waals surface area (Å²) in [6.45, 7) is 7.48. The van der Waals surface area contributed by atoms with Gasteiger partial charge in [-0.1, -0.05) is 0 Å². The number of hydrogen-bond acceptors (Lipinski definition) is 4. The van der Waals surface area contributed by atoms with E-state index >= 15 is 0 Å². The second-order valence-corrected chi connectivity index (χ2v) is 7.54. The molecule has 1 aliphatic heterocycles. The minimum absolute atomic E-state index is 0.0452. The number of pyridine rings is 1. The molecule has 0 saturated carbocycles. The first-order chi connectivity index (χ1) is 12.4. The molecule has 1 fully saturated rings. The molecule has 0 atom stereocenters. The average Bonchev–Trinajstić information content (AvgIpc) is 2.52. The van der Waals surface area contributed by atoms with Gasteiger partial charge in [0.1, 0.15) is 11.3 Å². The van der Waals surface area contributed by atoms with E-state index in [0.29, 0.717) is 25.9 Å². The molecule has 6 nitrogen and oxygen atoms in total. The number of aryl methyl sites for hydroxylation is 1. The van der Waals surface area contributed by atoms with Crippen LogP contribution in [0.5, 0.6) is 0 Å². The summed E-state index contributed by atoms with van der Waals surface area (Å²) >= 11 is 0. The lowest BCUT2D eigenvalue weighted by Gasteiger charge is -2.33. The molecule has 2 amide bonds. The van der Waals surface area contributed by atoms with Gasteiger partial charge in [-0.15, -0.1) is 0 Å². The van der Waals surface area contributed by atoms with Crippen molar-refractivity contribution in [1.29, 1.82) is 0 Å². The molecule has 150 valence electrons. The van der Waals surface area contributed by atoms with Crippen molar-refractivity contribution in [3.8, 4) is 0 Å². The fourth-order valence-corrected chi connectivity index (χ4v) is 2.82. The van der Waals surface area contributed by atoms with Crippen molar-refractivity contribution in [2.45, 2.75) is 58.4 Å². The van der Waals surface area contributed by atoms with Crippen LogP contribution in [0.1, 0.15) is 55.4 Å². The number of nitrogens with one attached hydrogen (secondary N) is 1. The van der Waals surface area contributed by atoms with Gasteiger partial charge in [0.15, 0.2) is 0 Å². The lowest BCUT2D eigenvalue weighted by Crippen LogP contribution is -2.47. The number of halogens is 3. The minimum Gasteiger partial charge on any atom is -0.444 e. The molecule has 2 rings (SSSR count). The van der Waals surface area contributed by atoms with Gasteiger partial charge in [0.25, 0.3) is 5.91 Å². The van der Waals surface area contributed by atoms with Gasteiger partial charge in [0.05, 0.1) is 11.3 Å². The average molecular weight is 387 g/mol. The first kappa shape index (κ1) is 21.0. The summed E-state index contributed by atoms with van der Waals surface area (Å²) in [7, 11) is 0. The molecule has 2 heterocycles. The molecule has 0 aliphatic carbocycles. The largest absolute Gasteiger partial charge is 0.444 e. The van der Waals surface area contributed by atoms with Crippen molar-refractivity contribution in [1.82, 2.24) is 15.2 Å². The lowest BCUT2D eigenvalue weighted by molar-refractivity contribution is -0.141. The third-order valence-corrected chi connectivity index (χ3v) is 4.11. The Balaban J connectivity index is 1.94. The van der Waals surface area contributed by atoms with Crippen LogP contribution in [0.15, 0.2) is 12.1 Å². The van der Waals surface area contributed by atoms with Gasteiger partial charge < -0.3 is 15.0 Å². The van der Waals surface area contributed by atoms with Crippen LogP contribution in [0.25, 0.3) is 0 Å². The number of alkyl halides is 3. The van der Waals surface area contributed by atoms with E-state index in [0.717, 1.165) is 6.07 Å². The van der Waals surface area contributed by atoms with Gasteiger partial charge in [-0.25, -0.2) is 9.78 Å². The van der Waals surface area contributed by atoms with Crippen LogP contribution in [0.4, 0.5) is 18.0 Å². The Kier molecular flexibility index (Phi) is 6.01. The van der Waals surface area contributed by atoms with E-state index in [1.807, 2.05) is 0 Å². The quantitative estimate of drug-likeness (QED) is 0.843. The molecular weight excluding hydrogens is 363 g/mol. The summed E-state index contributed by atoms with van der Waals surface area (Å²) in [6, 6.07) is 1.87. The monoisotopic (exact) mass is 387 g/mol. The highest BCUT2D eigenvalue weighted by Crippen LogP contribution is 2.28. The van der Waals surface area contributed by atoms with Gasteiger partial charge in [-0.05, 0) is 52.7 Å². The van der Waals surface area contributed by atoms with E-state index in [9.17, 15) is 22.8 Å². The van der Waals surface area contributed by atoms with E-state index in [1.54, 1.807) is 25.7 Å². The van der Waals surface area contributed by atoms with Crippen molar-refractivity contribution < 1.29 is 27.5 Å². The number of hydrogen-bond donors (Lipinski definition) is 1. The van der Waals surface area contributed by atoms with Gasteiger partial charge in [0.2, 0.25) is 0 Å². The Morgan fingerprint density at radius 2 is 1.78 bits per heavy atom. The van der Waals surface area contributed by atoms with Gasteiger partial charge in [-0.2, -0.15) is 13.2 Å². The molecular formula is C18H24F3N3O3. The number of piperidine rings is 1. The molecule has 9 heteroatoms. The standard InChI is InChI=1S/C18H24F3N3O3/c1-11-13(5-6-14(22-11)18(19,20)21)15(25)24-9-7-12(8-10-24)23-16(26)27-17(2,3)4/h5-6,12H,7-10H2,1-4H3,(H,23,26). The number of carbonyl (C=O) groups is 2. The number of aromatic nitrogens is 1. The summed E-state index contributed by atoms with van der Waals surface area (Å²) in [6.07, 6.45) is -3.97. The molecule has 1 aromatic heterocycles. The van der Waals surface area contributed by atoms with Gasteiger partial charge in [0, 0.05) is 19.1 Å². The van der Waals surface area contributed by atoms with Crippen LogP contribution in [0.3, 0.4) is 0 Å². The molecule has 0 aromatic carbocycles. The van der Waals surface area contributed by atoms with Crippen molar-refractivity contribution in [3.05, 3.63) is 29.1 Å². The summed E-state index contributed by atoms with van der Waals surface area (Å²) in [4.78, 5) is 29.5. The number of rotatable bonds is 2. The lowest BCUT2D eigenvalue weighted by atomic mass is 10.0. The Bertz CT molecular complexity index is 706. The second-order valence-electron chi connectivity index (χ2n) is 7.54. The highest BCUT2D eigenvalue weighted by Gasteiger charge is 2.34. The Morgan fingerprint density at radius 1 is 1.19 bits per heavy atom.